The molecule has 1 aromatic carbocycles. The average Bonchev–Trinajstić information content (AvgIpc) is 3.22. The number of ether oxygens (including phenoxy) is 2. The van der Waals surface area contributed by atoms with Crippen molar-refractivity contribution in [3.63, 3.8) is 0 Å². The van der Waals surface area contributed by atoms with E-state index in [0.717, 1.165) is 12.8 Å². The molecule has 0 unspecified atom stereocenters. The first-order valence-corrected chi connectivity index (χ1v) is 10.0. The molecule has 1 aromatic rings. The first-order chi connectivity index (χ1) is 11.1. The number of esters is 1. The SMILES string of the molecule is COC(=O)c1ccc(OC(C)C)c(NCC2(CS(C)(=O)=O)CC2)c1. The highest BCUT2D eigenvalue weighted by Crippen LogP contribution is 2.47. The molecule has 1 saturated carbocycles. The van der Waals surface area contributed by atoms with Gasteiger partial charge in [-0.3, -0.25) is 0 Å². The minimum absolute atomic E-state index is 0.0135. The molecule has 0 saturated heterocycles. The van der Waals surface area contributed by atoms with Gasteiger partial charge in [-0.2, -0.15) is 0 Å². The minimum Gasteiger partial charge on any atom is -0.489 e. The Hall–Kier alpha value is -1.76. The van der Waals surface area contributed by atoms with E-state index in [2.05, 4.69) is 5.32 Å². The van der Waals surface area contributed by atoms with Crippen molar-refractivity contribution in [2.45, 2.75) is 32.8 Å². The Balaban J connectivity index is 2.18. The van der Waals surface area contributed by atoms with E-state index in [1.165, 1.54) is 13.4 Å². The lowest BCUT2D eigenvalue weighted by molar-refractivity contribution is 0.0600. The lowest BCUT2D eigenvalue weighted by Crippen LogP contribution is -2.24. The summed E-state index contributed by atoms with van der Waals surface area (Å²) in [4.78, 5) is 11.7. The number of carbonyl (C=O) groups is 1. The molecule has 6 nitrogen and oxygen atoms in total. The normalized spacial score (nSPS) is 15.9. The summed E-state index contributed by atoms with van der Waals surface area (Å²) < 4.78 is 33.7. The third-order valence-corrected chi connectivity index (χ3v) is 5.08. The summed E-state index contributed by atoms with van der Waals surface area (Å²) in [5.74, 6) is 0.378. The van der Waals surface area contributed by atoms with Crippen LogP contribution in [0.15, 0.2) is 18.2 Å². The highest BCUT2D eigenvalue weighted by atomic mass is 32.2. The molecule has 0 aliphatic heterocycles. The maximum Gasteiger partial charge on any atom is 0.337 e. The molecule has 0 atom stereocenters. The molecule has 1 N–H and O–H groups in total. The molecule has 0 spiro atoms. The van der Waals surface area contributed by atoms with Crippen LogP contribution >= 0.6 is 0 Å². The highest BCUT2D eigenvalue weighted by Gasteiger charge is 2.45. The third kappa shape index (κ3) is 5.12. The van der Waals surface area contributed by atoms with Crippen LogP contribution in [-0.4, -0.2) is 46.2 Å². The van der Waals surface area contributed by atoms with Gasteiger partial charge in [0.25, 0.3) is 0 Å². The summed E-state index contributed by atoms with van der Waals surface area (Å²) in [7, 11) is -1.69. The summed E-state index contributed by atoms with van der Waals surface area (Å²) in [6.07, 6.45) is 3.01. The van der Waals surface area contributed by atoms with E-state index in [1.807, 2.05) is 13.8 Å². The molecule has 0 bridgehead atoms. The number of methoxy groups -OCH3 is 1. The number of carbonyl (C=O) groups excluding carboxylic acids is 1. The smallest absolute Gasteiger partial charge is 0.337 e. The Morgan fingerprint density at radius 3 is 2.50 bits per heavy atom. The van der Waals surface area contributed by atoms with Crippen molar-refractivity contribution in [3.05, 3.63) is 23.8 Å². The van der Waals surface area contributed by atoms with E-state index < -0.39 is 15.8 Å². The van der Waals surface area contributed by atoms with Crippen molar-refractivity contribution < 1.29 is 22.7 Å². The van der Waals surface area contributed by atoms with E-state index in [9.17, 15) is 13.2 Å². The van der Waals surface area contributed by atoms with Crippen LogP contribution in [0, 0.1) is 5.41 Å². The van der Waals surface area contributed by atoms with Gasteiger partial charge < -0.3 is 14.8 Å². The van der Waals surface area contributed by atoms with E-state index >= 15 is 0 Å². The number of anilines is 1. The van der Waals surface area contributed by atoms with Gasteiger partial charge in [-0.05, 0) is 44.9 Å². The molecule has 24 heavy (non-hydrogen) atoms. The standard InChI is InChI=1S/C17H25NO5S/c1-12(2)23-15-6-5-13(16(19)22-3)9-14(15)18-10-17(7-8-17)11-24(4,20)21/h5-6,9,12,18H,7-8,10-11H2,1-4H3. The fraction of sp³-hybridized carbons (Fsp3) is 0.588. The van der Waals surface area contributed by atoms with E-state index in [-0.39, 0.29) is 17.3 Å². The van der Waals surface area contributed by atoms with Crippen molar-refractivity contribution in [1.82, 2.24) is 0 Å². The van der Waals surface area contributed by atoms with Crippen LogP contribution in [0.5, 0.6) is 5.75 Å². The van der Waals surface area contributed by atoms with Gasteiger partial charge in [-0.15, -0.1) is 0 Å². The predicted molar refractivity (Wildman–Crippen MR) is 93.4 cm³/mol. The molecule has 0 aromatic heterocycles. The minimum atomic E-state index is -3.02. The topological polar surface area (TPSA) is 81.7 Å². The molecular weight excluding hydrogens is 330 g/mol. The Morgan fingerprint density at radius 1 is 1.33 bits per heavy atom. The Kier molecular flexibility index (Phi) is 5.42. The number of hydrogen-bond acceptors (Lipinski definition) is 6. The molecule has 2 rings (SSSR count). The van der Waals surface area contributed by atoms with E-state index in [4.69, 9.17) is 9.47 Å². The van der Waals surface area contributed by atoms with Crippen molar-refractivity contribution in [1.29, 1.82) is 0 Å². The first kappa shape index (κ1) is 18.6. The van der Waals surface area contributed by atoms with Crippen LogP contribution in [0.4, 0.5) is 5.69 Å². The second kappa shape index (κ2) is 7.01. The van der Waals surface area contributed by atoms with Crippen LogP contribution in [0.2, 0.25) is 0 Å². The Bertz CT molecular complexity index is 708. The molecule has 1 aliphatic carbocycles. The van der Waals surface area contributed by atoms with Crippen molar-refractivity contribution >= 4 is 21.5 Å². The van der Waals surface area contributed by atoms with Gasteiger partial charge in [0.2, 0.25) is 0 Å². The lowest BCUT2D eigenvalue weighted by atomic mass is 10.1. The molecule has 0 heterocycles. The zero-order chi connectivity index (χ0) is 18.0. The monoisotopic (exact) mass is 355 g/mol. The number of benzene rings is 1. The number of rotatable bonds is 8. The largest absolute Gasteiger partial charge is 0.489 e. The first-order valence-electron chi connectivity index (χ1n) is 7.95. The van der Waals surface area contributed by atoms with Crippen LogP contribution < -0.4 is 10.1 Å². The lowest BCUT2D eigenvalue weighted by Gasteiger charge is -2.20. The van der Waals surface area contributed by atoms with E-state index in [0.29, 0.717) is 23.5 Å². The van der Waals surface area contributed by atoms with Gasteiger partial charge in [0.05, 0.1) is 30.2 Å². The summed E-state index contributed by atoms with van der Waals surface area (Å²) in [6, 6.07) is 5.06. The van der Waals surface area contributed by atoms with Gasteiger partial charge >= 0.3 is 5.97 Å². The summed E-state index contributed by atoms with van der Waals surface area (Å²) in [5.41, 5.74) is 0.875. The number of sulfone groups is 1. The van der Waals surface area contributed by atoms with Gasteiger partial charge in [-0.25, -0.2) is 13.2 Å². The van der Waals surface area contributed by atoms with Crippen LogP contribution in [0.3, 0.4) is 0 Å². The molecule has 7 heteroatoms. The molecule has 0 radical (unpaired) electrons. The molecular formula is C17H25NO5S. The van der Waals surface area contributed by atoms with Gasteiger partial charge in [0.1, 0.15) is 15.6 Å². The summed E-state index contributed by atoms with van der Waals surface area (Å²) >= 11 is 0. The quantitative estimate of drug-likeness (QED) is 0.722. The maximum atomic E-state index is 11.7. The fourth-order valence-corrected chi connectivity index (χ4v) is 4.16. The maximum absolute atomic E-state index is 11.7. The zero-order valence-corrected chi connectivity index (χ0v) is 15.4. The summed E-state index contributed by atoms with van der Waals surface area (Å²) in [6.45, 7) is 4.37. The zero-order valence-electron chi connectivity index (χ0n) is 14.6. The summed E-state index contributed by atoms with van der Waals surface area (Å²) in [5, 5.41) is 3.27. The molecule has 1 aliphatic rings. The number of nitrogens with one attached hydrogen (secondary N) is 1. The third-order valence-electron chi connectivity index (χ3n) is 3.94. The Labute approximate surface area is 143 Å². The molecule has 134 valence electrons. The number of hydrogen-bond donors (Lipinski definition) is 1. The Morgan fingerprint density at radius 2 is 2.00 bits per heavy atom. The van der Waals surface area contributed by atoms with Gasteiger partial charge in [-0.1, -0.05) is 0 Å². The average molecular weight is 355 g/mol. The van der Waals surface area contributed by atoms with Gasteiger partial charge in [0.15, 0.2) is 0 Å². The van der Waals surface area contributed by atoms with Crippen molar-refractivity contribution in [2.75, 3.05) is 31.0 Å². The molecule has 1 fully saturated rings. The second-order valence-corrected chi connectivity index (χ2v) is 8.93. The fourth-order valence-electron chi connectivity index (χ4n) is 2.66. The second-order valence-electron chi connectivity index (χ2n) is 6.79. The van der Waals surface area contributed by atoms with Crippen LogP contribution in [0.25, 0.3) is 0 Å². The van der Waals surface area contributed by atoms with Crippen LogP contribution in [-0.2, 0) is 14.6 Å². The van der Waals surface area contributed by atoms with Gasteiger partial charge in [0, 0.05) is 18.2 Å². The highest BCUT2D eigenvalue weighted by molar-refractivity contribution is 7.90. The van der Waals surface area contributed by atoms with Crippen LogP contribution in [0.1, 0.15) is 37.0 Å². The predicted octanol–water partition coefficient (Wildman–Crippen LogP) is 2.50. The van der Waals surface area contributed by atoms with Crippen molar-refractivity contribution in [2.24, 2.45) is 5.41 Å². The van der Waals surface area contributed by atoms with Crippen molar-refractivity contribution in [3.8, 4) is 5.75 Å². The van der Waals surface area contributed by atoms with E-state index in [1.54, 1.807) is 18.2 Å². The molecule has 0 amide bonds.